The molecular formula is C23H26FN5. The highest BCUT2D eigenvalue weighted by Gasteiger charge is 2.19. The Bertz CT molecular complexity index is 922. The summed E-state index contributed by atoms with van der Waals surface area (Å²) in [4.78, 5) is 13.9. The maximum atomic E-state index is 13.0. The van der Waals surface area contributed by atoms with Crippen LogP contribution in [0, 0.1) is 12.7 Å². The summed E-state index contributed by atoms with van der Waals surface area (Å²) in [6.45, 7) is 6.47. The highest BCUT2D eigenvalue weighted by molar-refractivity contribution is 5.52. The number of nitrogens with one attached hydrogen (secondary N) is 1. The summed E-state index contributed by atoms with van der Waals surface area (Å²) in [5.41, 5.74) is 2.37. The van der Waals surface area contributed by atoms with Crippen LogP contribution in [0.2, 0.25) is 0 Å². The molecule has 0 saturated carbocycles. The quantitative estimate of drug-likeness (QED) is 0.690. The second kappa shape index (κ2) is 8.90. The van der Waals surface area contributed by atoms with Gasteiger partial charge in [0.25, 0.3) is 0 Å². The third kappa shape index (κ3) is 5.02. The molecule has 0 bridgehead atoms. The molecule has 0 amide bonds. The van der Waals surface area contributed by atoms with E-state index in [1.165, 1.54) is 17.8 Å². The minimum absolute atomic E-state index is 0.204. The zero-order valence-electron chi connectivity index (χ0n) is 16.7. The predicted octanol–water partition coefficient (Wildman–Crippen LogP) is 3.91. The molecule has 5 nitrogen and oxygen atoms in total. The van der Waals surface area contributed by atoms with Gasteiger partial charge in [-0.15, -0.1) is 0 Å². The minimum atomic E-state index is -0.204. The van der Waals surface area contributed by atoms with Gasteiger partial charge in [0.2, 0.25) is 0 Å². The lowest BCUT2D eigenvalue weighted by molar-refractivity contribution is 0.627. The van der Waals surface area contributed by atoms with Crippen LogP contribution in [0.1, 0.15) is 11.4 Å². The van der Waals surface area contributed by atoms with Gasteiger partial charge in [0.05, 0.1) is 0 Å². The molecular weight excluding hydrogens is 365 g/mol. The van der Waals surface area contributed by atoms with Crippen molar-refractivity contribution in [1.82, 2.24) is 9.97 Å². The van der Waals surface area contributed by atoms with Crippen molar-refractivity contribution < 1.29 is 4.39 Å². The van der Waals surface area contributed by atoms with Gasteiger partial charge in [-0.25, -0.2) is 14.4 Å². The first kappa shape index (κ1) is 19.2. The van der Waals surface area contributed by atoms with Crippen molar-refractivity contribution >= 4 is 17.3 Å². The Morgan fingerprint density at radius 2 is 1.59 bits per heavy atom. The molecule has 0 aliphatic carbocycles. The minimum Gasteiger partial charge on any atom is -0.370 e. The van der Waals surface area contributed by atoms with Crippen LogP contribution in [0.3, 0.4) is 0 Å². The van der Waals surface area contributed by atoms with Crippen LogP contribution in [0.5, 0.6) is 0 Å². The Hall–Kier alpha value is -3.15. The van der Waals surface area contributed by atoms with Crippen LogP contribution in [0.4, 0.5) is 21.7 Å². The molecule has 1 aliphatic rings. The first-order chi connectivity index (χ1) is 14.2. The van der Waals surface area contributed by atoms with Crippen LogP contribution < -0.4 is 15.1 Å². The molecule has 1 aliphatic heterocycles. The number of anilines is 3. The summed E-state index contributed by atoms with van der Waals surface area (Å²) < 4.78 is 13.0. The lowest BCUT2D eigenvalue weighted by atomic mass is 10.1. The summed E-state index contributed by atoms with van der Waals surface area (Å²) in [6.07, 6.45) is 0.814. The van der Waals surface area contributed by atoms with E-state index >= 15 is 0 Å². The number of para-hydroxylation sites is 1. The van der Waals surface area contributed by atoms with Gasteiger partial charge < -0.3 is 15.1 Å². The zero-order valence-corrected chi connectivity index (χ0v) is 16.7. The Morgan fingerprint density at radius 1 is 0.897 bits per heavy atom. The third-order valence-corrected chi connectivity index (χ3v) is 5.18. The van der Waals surface area contributed by atoms with Crippen LogP contribution in [0.25, 0.3) is 0 Å². The number of nitrogens with zero attached hydrogens (tertiary/aromatic N) is 4. The number of rotatable bonds is 6. The molecule has 0 unspecified atom stereocenters. The number of halogens is 1. The fourth-order valence-electron chi connectivity index (χ4n) is 3.62. The number of piperazine rings is 1. The van der Waals surface area contributed by atoms with E-state index in [0.29, 0.717) is 0 Å². The maximum absolute atomic E-state index is 13.0. The molecule has 1 saturated heterocycles. The normalized spacial score (nSPS) is 14.1. The molecule has 3 aromatic rings. The highest BCUT2D eigenvalue weighted by Crippen LogP contribution is 2.21. The van der Waals surface area contributed by atoms with E-state index < -0.39 is 0 Å². The molecule has 6 heteroatoms. The van der Waals surface area contributed by atoms with Crippen molar-refractivity contribution in [3.05, 3.63) is 77.9 Å². The summed E-state index contributed by atoms with van der Waals surface area (Å²) in [5, 5.41) is 3.38. The van der Waals surface area contributed by atoms with Crippen molar-refractivity contribution in [2.75, 3.05) is 47.8 Å². The topological polar surface area (TPSA) is 44.3 Å². The first-order valence-corrected chi connectivity index (χ1v) is 10.1. The fourth-order valence-corrected chi connectivity index (χ4v) is 3.62. The maximum Gasteiger partial charge on any atom is 0.134 e. The molecule has 1 N–H and O–H groups in total. The predicted molar refractivity (Wildman–Crippen MR) is 116 cm³/mol. The van der Waals surface area contributed by atoms with Gasteiger partial charge in [-0.1, -0.05) is 30.3 Å². The van der Waals surface area contributed by atoms with Gasteiger partial charge in [-0.05, 0) is 43.2 Å². The van der Waals surface area contributed by atoms with Crippen molar-refractivity contribution in [2.24, 2.45) is 0 Å². The van der Waals surface area contributed by atoms with Crippen molar-refractivity contribution in [2.45, 2.75) is 13.3 Å². The molecule has 0 radical (unpaired) electrons. The highest BCUT2D eigenvalue weighted by atomic mass is 19.1. The second-order valence-corrected chi connectivity index (χ2v) is 7.27. The van der Waals surface area contributed by atoms with Crippen molar-refractivity contribution in [1.29, 1.82) is 0 Å². The van der Waals surface area contributed by atoms with Gasteiger partial charge in [-0.3, -0.25) is 0 Å². The lowest BCUT2D eigenvalue weighted by Gasteiger charge is -2.36. The third-order valence-electron chi connectivity index (χ3n) is 5.18. The van der Waals surface area contributed by atoms with E-state index in [2.05, 4.69) is 49.4 Å². The van der Waals surface area contributed by atoms with Crippen LogP contribution in [-0.2, 0) is 6.42 Å². The summed E-state index contributed by atoms with van der Waals surface area (Å²) >= 11 is 0. The molecule has 1 aromatic heterocycles. The van der Waals surface area contributed by atoms with Gasteiger partial charge in [0.15, 0.2) is 0 Å². The Labute approximate surface area is 171 Å². The molecule has 1 fully saturated rings. The fraction of sp³-hybridized carbons (Fsp3) is 0.304. The number of hydrogen-bond donors (Lipinski definition) is 1. The van der Waals surface area contributed by atoms with E-state index in [4.69, 9.17) is 0 Å². The van der Waals surface area contributed by atoms with Crippen molar-refractivity contribution in [3.63, 3.8) is 0 Å². The van der Waals surface area contributed by atoms with E-state index in [-0.39, 0.29) is 5.82 Å². The van der Waals surface area contributed by atoms with Crippen LogP contribution in [-0.4, -0.2) is 42.7 Å². The zero-order chi connectivity index (χ0) is 20.1. The van der Waals surface area contributed by atoms with E-state index in [0.717, 1.165) is 62.2 Å². The van der Waals surface area contributed by atoms with Gasteiger partial charge in [0, 0.05) is 44.5 Å². The SMILES string of the molecule is Cc1nc(NCCc2ccc(F)cc2)cc(N2CCN(c3ccccc3)CC2)n1. The number of aryl methyl sites for hydroxylation is 1. The molecule has 2 aromatic carbocycles. The largest absolute Gasteiger partial charge is 0.370 e. The first-order valence-electron chi connectivity index (χ1n) is 10.1. The molecule has 2 heterocycles. The Kier molecular flexibility index (Phi) is 5.89. The molecule has 0 atom stereocenters. The summed E-state index contributed by atoms with van der Waals surface area (Å²) in [5.74, 6) is 2.36. The average molecular weight is 391 g/mol. The van der Waals surface area contributed by atoms with Crippen molar-refractivity contribution in [3.8, 4) is 0 Å². The standard InChI is InChI=1S/C23H26FN5/c1-18-26-22(25-12-11-19-7-9-20(24)10-8-19)17-23(27-18)29-15-13-28(14-16-29)21-5-3-2-4-6-21/h2-10,17H,11-16H2,1H3,(H,25,26,27). The summed E-state index contributed by atoms with van der Waals surface area (Å²) in [7, 11) is 0. The monoisotopic (exact) mass is 391 g/mol. The smallest absolute Gasteiger partial charge is 0.134 e. The van der Waals surface area contributed by atoms with Crippen LogP contribution >= 0.6 is 0 Å². The van der Waals surface area contributed by atoms with E-state index in [1.807, 2.05) is 31.2 Å². The number of hydrogen-bond acceptors (Lipinski definition) is 5. The molecule has 150 valence electrons. The Balaban J connectivity index is 1.35. The average Bonchev–Trinajstić information content (AvgIpc) is 2.75. The second-order valence-electron chi connectivity index (χ2n) is 7.27. The molecule has 4 rings (SSSR count). The number of benzene rings is 2. The van der Waals surface area contributed by atoms with Crippen LogP contribution in [0.15, 0.2) is 60.7 Å². The van der Waals surface area contributed by atoms with E-state index in [9.17, 15) is 4.39 Å². The lowest BCUT2D eigenvalue weighted by Crippen LogP contribution is -2.46. The molecule has 29 heavy (non-hydrogen) atoms. The Morgan fingerprint density at radius 3 is 2.31 bits per heavy atom. The van der Waals surface area contributed by atoms with Gasteiger partial charge >= 0.3 is 0 Å². The van der Waals surface area contributed by atoms with Gasteiger partial charge in [-0.2, -0.15) is 0 Å². The van der Waals surface area contributed by atoms with Gasteiger partial charge in [0.1, 0.15) is 23.3 Å². The number of aromatic nitrogens is 2. The van der Waals surface area contributed by atoms with E-state index in [1.54, 1.807) is 0 Å². The molecule has 0 spiro atoms. The summed E-state index contributed by atoms with van der Waals surface area (Å²) in [6, 6.07) is 19.2.